The average molecular weight is 492 g/mol. The van der Waals surface area contributed by atoms with E-state index < -0.39 is 0 Å². The van der Waals surface area contributed by atoms with Crippen molar-refractivity contribution in [2.75, 3.05) is 33.9 Å². The van der Waals surface area contributed by atoms with Crippen molar-refractivity contribution in [3.8, 4) is 11.5 Å². The van der Waals surface area contributed by atoms with Crippen LogP contribution in [0, 0.1) is 5.92 Å². The Morgan fingerprint density at radius 3 is 2.41 bits per heavy atom. The fraction of sp³-hybridized carbons (Fsp3) is 0.579. The minimum Gasteiger partial charge on any atom is -0.497 e. The Hall–Kier alpha value is -1.71. The number of aliphatic imine (C=N–C) groups is 1. The fourth-order valence-electron chi connectivity index (χ4n) is 2.33. The molecule has 0 fully saturated rings. The highest BCUT2D eigenvalue weighted by Gasteiger charge is 2.14. The van der Waals surface area contributed by atoms with Crippen molar-refractivity contribution in [3.63, 3.8) is 0 Å². The van der Waals surface area contributed by atoms with E-state index in [-0.39, 0.29) is 41.8 Å². The van der Waals surface area contributed by atoms with Gasteiger partial charge in [-0.3, -0.25) is 9.79 Å². The van der Waals surface area contributed by atoms with Crippen LogP contribution in [0.15, 0.2) is 23.2 Å². The summed E-state index contributed by atoms with van der Waals surface area (Å²) in [7, 11) is 3.29. The molecule has 1 amide bonds. The van der Waals surface area contributed by atoms with Gasteiger partial charge >= 0.3 is 0 Å². The van der Waals surface area contributed by atoms with Crippen molar-refractivity contribution >= 4 is 35.8 Å². The Labute approximate surface area is 179 Å². The van der Waals surface area contributed by atoms with Gasteiger partial charge in [0.2, 0.25) is 5.91 Å². The number of amides is 1. The van der Waals surface area contributed by atoms with Crippen molar-refractivity contribution in [3.05, 3.63) is 23.8 Å². The summed E-state index contributed by atoms with van der Waals surface area (Å²) in [5, 5.41) is 9.44. The van der Waals surface area contributed by atoms with Crippen LogP contribution in [0.4, 0.5) is 0 Å². The zero-order chi connectivity index (χ0) is 19.5. The van der Waals surface area contributed by atoms with Gasteiger partial charge in [-0.2, -0.15) is 0 Å². The second-order valence-corrected chi connectivity index (χ2v) is 6.18. The molecule has 0 heterocycles. The number of carbonyl (C=O) groups is 1. The second kappa shape index (κ2) is 13.5. The largest absolute Gasteiger partial charge is 0.497 e. The second-order valence-electron chi connectivity index (χ2n) is 6.18. The van der Waals surface area contributed by atoms with Crippen molar-refractivity contribution < 1.29 is 14.3 Å². The molecular weight excluding hydrogens is 459 g/mol. The smallest absolute Gasteiger partial charge is 0.222 e. The van der Waals surface area contributed by atoms with Gasteiger partial charge in [0.05, 0.1) is 26.8 Å². The number of ether oxygens (including phenoxy) is 2. The molecule has 7 nitrogen and oxygen atoms in total. The summed E-state index contributed by atoms with van der Waals surface area (Å²) >= 11 is 0. The predicted molar refractivity (Wildman–Crippen MR) is 120 cm³/mol. The molecule has 0 aliphatic heterocycles. The van der Waals surface area contributed by atoms with Gasteiger partial charge in [0.15, 0.2) is 5.96 Å². The number of guanidine groups is 1. The number of benzene rings is 1. The Morgan fingerprint density at radius 2 is 1.85 bits per heavy atom. The quantitative estimate of drug-likeness (QED) is 0.214. The van der Waals surface area contributed by atoms with E-state index in [2.05, 4.69) is 20.9 Å². The standard InChI is InChI=1S/C19H32N4O3.HI/c1-7-20-19(22-11-10-21-18(24)13(2)3)23-14(4)16-12-15(25-5)8-9-17(16)26-6;/h8-9,12-14H,7,10-11H2,1-6H3,(H,21,24)(H2,20,22,23);1H. The lowest BCUT2D eigenvalue weighted by Gasteiger charge is -2.21. The van der Waals surface area contributed by atoms with E-state index in [0.29, 0.717) is 19.0 Å². The summed E-state index contributed by atoms with van der Waals surface area (Å²) in [5.41, 5.74) is 0.977. The van der Waals surface area contributed by atoms with Crippen LogP contribution >= 0.6 is 24.0 Å². The normalized spacial score (nSPS) is 12.0. The van der Waals surface area contributed by atoms with Crippen LogP contribution < -0.4 is 25.4 Å². The molecule has 1 rings (SSSR count). The number of nitrogens with zero attached hydrogens (tertiary/aromatic N) is 1. The molecule has 1 aromatic carbocycles. The van der Waals surface area contributed by atoms with Crippen LogP contribution in [-0.2, 0) is 4.79 Å². The van der Waals surface area contributed by atoms with Gasteiger partial charge in [-0.1, -0.05) is 13.8 Å². The van der Waals surface area contributed by atoms with Gasteiger partial charge in [0.1, 0.15) is 11.5 Å². The summed E-state index contributed by atoms with van der Waals surface area (Å²) in [6.07, 6.45) is 0. The summed E-state index contributed by atoms with van der Waals surface area (Å²) in [5.74, 6) is 2.25. The first-order valence-electron chi connectivity index (χ1n) is 8.97. The summed E-state index contributed by atoms with van der Waals surface area (Å²) in [6, 6.07) is 5.66. The zero-order valence-electron chi connectivity index (χ0n) is 17.1. The van der Waals surface area contributed by atoms with E-state index in [1.165, 1.54) is 0 Å². The molecule has 3 N–H and O–H groups in total. The summed E-state index contributed by atoms with van der Waals surface area (Å²) in [4.78, 5) is 16.1. The third-order valence-electron chi connectivity index (χ3n) is 3.81. The van der Waals surface area contributed by atoms with Gasteiger partial charge in [-0.25, -0.2) is 0 Å². The van der Waals surface area contributed by atoms with E-state index >= 15 is 0 Å². The van der Waals surface area contributed by atoms with E-state index in [1.807, 2.05) is 45.9 Å². The van der Waals surface area contributed by atoms with Crippen LogP contribution in [0.25, 0.3) is 0 Å². The highest BCUT2D eigenvalue weighted by atomic mass is 127. The molecule has 0 aliphatic rings. The van der Waals surface area contributed by atoms with Crippen LogP contribution in [0.1, 0.15) is 39.3 Å². The molecule has 0 saturated heterocycles. The molecule has 0 saturated carbocycles. The summed E-state index contributed by atoms with van der Waals surface area (Å²) in [6.45, 7) is 9.52. The Morgan fingerprint density at radius 1 is 1.15 bits per heavy atom. The third-order valence-corrected chi connectivity index (χ3v) is 3.81. The molecule has 0 radical (unpaired) electrons. The first kappa shape index (κ1) is 25.3. The zero-order valence-corrected chi connectivity index (χ0v) is 19.4. The van der Waals surface area contributed by atoms with E-state index in [9.17, 15) is 4.79 Å². The first-order chi connectivity index (χ1) is 12.4. The number of halogens is 1. The molecule has 154 valence electrons. The molecule has 8 heteroatoms. The summed E-state index contributed by atoms with van der Waals surface area (Å²) < 4.78 is 10.8. The third kappa shape index (κ3) is 8.68. The Kier molecular flexibility index (Phi) is 12.6. The molecule has 0 spiro atoms. The van der Waals surface area contributed by atoms with E-state index in [4.69, 9.17) is 9.47 Å². The SMILES string of the molecule is CCNC(=NCCNC(=O)C(C)C)NC(C)c1cc(OC)ccc1OC.I. The number of hydrogen-bond donors (Lipinski definition) is 3. The lowest BCUT2D eigenvalue weighted by molar-refractivity contribution is -0.123. The minimum atomic E-state index is -0.0388. The highest BCUT2D eigenvalue weighted by Crippen LogP contribution is 2.29. The molecular formula is C19H33IN4O3. The molecule has 0 bridgehead atoms. The topological polar surface area (TPSA) is 84.0 Å². The lowest BCUT2D eigenvalue weighted by atomic mass is 10.1. The maximum atomic E-state index is 11.6. The number of nitrogens with one attached hydrogen (secondary N) is 3. The highest BCUT2D eigenvalue weighted by molar-refractivity contribution is 14.0. The number of hydrogen-bond acceptors (Lipinski definition) is 4. The molecule has 0 aliphatic carbocycles. The van der Waals surface area contributed by atoms with Crippen LogP contribution in [0.5, 0.6) is 11.5 Å². The predicted octanol–water partition coefficient (Wildman–Crippen LogP) is 2.71. The van der Waals surface area contributed by atoms with Gasteiger partial charge in [0, 0.05) is 24.6 Å². The fourth-order valence-corrected chi connectivity index (χ4v) is 2.33. The van der Waals surface area contributed by atoms with Crippen molar-refractivity contribution in [1.29, 1.82) is 0 Å². The number of methoxy groups -OCH3 is 2. The van der Waals surface area contributed by atoms with Crippen molar-refractivity contribution in [2.24, 2.45) is 10.9 Å². The van der Waals surface area contributed by atoms with Crippen molar-refractivity contribution in [2.45, 2.75) is 33.7 Å². The van der Waals surface area contributed by atoms with Gasteiger partial charge in [-0.05, 0) is 32.0 Å². The maximum absolute atomic E-state index is 11.6. The maximum Gasteiger partial charge on any atom is 0.222 e. The molecule has 1 aromatic rings. The van der Waals surface area contributed by atoms with Gasteiger partial charge < -0.3 is 25.4 Å². The molecule has 1 atom stereocenters. The lowest BCUT2D eigenvalue weighted by Crippen LogP contribution is -2.39. The van der Waals surface area contributed by atoms with Crippen LogP contribution in [0.2, 0.25) is 0 Å². The first-order valence-corrected chi connectivity index (χ1v) is 8.97. The van der Waals surface area contributed by atoms with Gasteiger partial charge in [0.25, 0.3) is 0 Å². The monoisotopic (exact) mass is 492 g/mol. The van der Waals surface area contributed by atoms with Crippen molar-refractivity contribution in [1.82, 2.24) is 16.0 Å². The van der Waals surface area contributed by atoms with Crippen LogP contribution in [0.3, 0.4) is 0 Å². The van der Waals surface area contributed by atoms with E-state index in [1.54, 1.807) is 14.2 Å². The minimum absolute atomic E-state index is 0. The average Bonchev–Trinajstić information content (AvgIpc) is 2.64. The molecule has 1 unspecified atom stereocenters. The number of rotatable bonds is 9. The number of carbonyl (C=O) groups excluding carboxylic acids is 1. The van der Waals surface area contributed by atoms with E-state index in [0.717, 1.165) is 23.6 Å². The Balaban J connectivity index is 0.00000676. The Bertz CT molecular complexity index is 609. The molecule has 0 aromatic heterocycles. The van der Waals surface area contributed by atoms with Crippen LogP contribution in [-0.4, -0.2) is 45.7 Å². The molecule has 27 heavy (non-hydrogen) atoms. The van der Waals surface area contributed by atoms with Gasteiger partial charge in [-0.15, -0.1) is 24.0 Å².